The minimum atomic E-state index is -3.89. The lowest BCUT2D eigenvalue weighted by atomic mass is 9.68. The lowest BCUT2D eigenvalue weighted by Gasteiger charge is -2.45. The Hall–Kier alpha value is -3.02. The summed E-state index contributed by atoms with van der Waals surface area (Å²) < 4.78 is 41.9. The van der Waals surface area contributed by atoms with Gasteiger partial charge in [0, 0.05) is 37.4 Å². The van der Waals surface area contributed by atoms with Crippen LogP contribution in [0.4, 0.5) is 4.79 Å². The standard InChI is InChI=1S/C29H34N2O5S/c1-6-8-12-21-17-23-24-15-16-30(27(32)36-28(3,4)5)19-29(24)18-20(7-2)31(26(29)25(23)35-21)37(33,34)22-13-10-9-11-14-22/h1,7,9-11,13-14,17,20,24,26H,2,8,12,15-16,18-19H2,3-5H3/t20-,24-,26-,29-/m0/s1. The number of carbonyl (C=O) groups excluding carboxylic acids is 1. The van der Waals surface area contributed by atoms with Gasteiger partial charge in [0.05, 0.1) is 10.9 Å². The molecule has 2 aliphatic heterocycles. The monoisotopic (exact) mass is 522 g/mol. The Bertz CT molecular complexity index is 1350. The molecule has 0 N–H and O–H groups in total. The predicted molar refractivity (Wildman–Crippen MR) is 140 cm³/mol. The fraction of sp³-hybridized carbons (Fsp3) is 0.483. The second kappa shape index (κ2) is 9.07. The number of terminal acetylenes is 1. The molecule has 1 aromatic heterocycles. The summed E-state index contributed by atoms with van der Waals surface area (Å²) in [5.41, 5.74) is -0.133. The van der Waals surface area contributed by atoms with E-state index in [9.17, 15) is 13.2 Å². The largest absolute Gasteiger partial charge is 0.464 e. The highest BCUT2D eigenvalue weighted by molar-refractivity contribution is 7.89. The van der Waals surface area contributed by atoms with Crippen LogP contribution in [0.3, 0.4) is 0 Å². The van der Waals surface area contributed by atoms with Crippen LogP contribution in [0.15, 0.2) is 58.4 Å². The Kier molecular flexibility index (Phi) is 6.28. The number of fused-ring (bicyclic) bond motifs is 3. The number of likely N-dealkylation sites (tertiary alicyclic amines) is 1. The van der Waals surface area contributed by atoms with Gasteiger partial charge in [-0.25, -0.2) is 13.2 Å². The van der Waals surface area contributed by atoms with Crippen molar-refractivity contribution >= 4 is 16.1 Å². The van der Waals surface area contributed by atoms with Crippen LogP contribution in [0, 0.1) is 17.8 Å². The molecule has 37 heavy (non-hydrogen) atoms. The summed E-state index contributed by atoms with van der Waals surface area (Å²) in [6, 6.07) is 9.51. The van der Waals surface area contributed by atoms with Crippen molar-refractivity contribution in [3.8, 4) is 12.3 Å². The lowest BCUT2D eigenvalue weighted by Crippen LogP contribution is -2.51. The third-order valence-corrected chi connectivity index (χ3v) is 9.71. The summed E-state index contributed by atoms with van der Waals surface area (Å²) in [6.07, 6.45) is 9.19. The molecular weight excluding hydrogens is 488 g/mol. The quantitative estimate of drug-likeness (QED) is 0.395. The molecule has 0 radical (unpaired) electrons. The molecule has 5 rings (SSSR count). The van der Waals surface area contributed by atoms with Crippen LogP contribution in [0.2, 0.25) is 0 Å². The first-order valence-corrected chi connectivity index (χ1v) is 14.2. The van der Waals surface area contributed by atoms with Crippen LogP contribution in [-0.4, -0.2) is 48.4 Å². The van der Waals surface area contributed by atoms with Crippen molar-refractivity contribution in [1.82, 2.24) is 9.21 Å². The summed E-state index contributed by atoms with van der Waals surface area (Å²) in [4.78, 5) is 15.1. The van der Waals surface area contributed by atoms with Crippen LogP contribution in [0.5, 0.6) is 0 Å². The number of aryl methyl sites for hydroxylation is 1. The summed E-state index contributed by atoms with van der Waals surface area (Å²) in [6.45, 7) is 10.4. The molecule has 1 amide bonds. The van der Waals surface area contributed by atoms with Gasteiger partial charge in [-0.1, -0.05) is 24.3 Å². The summed E-state index contributed by atoms with van der Waals surface area (Å²) in [5.74, 6) is 4.14. The molecule has 2 fully saturated rings. The second-order valence-electron chi connectivity index (χ2n) is 11.3. The van der Waals surface area contributed by atoms with E-state index in [0.29, 0.717) is 44.5 Å². The average molecular weight is 523 g/mol. The van der Waals surface area contributed by atoms with E-state index in [0.717, 1.165) is 11.3 Å². The minimum Gasteiger partial charge on any atom is -0.464 e. The third kappa shape index (κ3) is 4.18. The van der Waals surface area contributed by atoms with E-state index in [1.54, 1.807) is 45.6 Å². The molecule has 3 heterocycles. The van der Waals surface area contributed by atoms with Gasteiger partial charge in [0.2, 0.25) is 10.0 Å². The molecule has 1 aromatic carbocycles. The number of rotatable bonds is 5. The number of hydrogen-bond donors (Lipinski definition) is 0. The smallest absolute Gasteiger partial charge is 0.410 e. The molecule has 2 aromatic rings. The van der Waals surface area contributed by atoms with Crippen LogP contribution < -0.4 is 0 Å². The number of nitrogens with zero attached hydrogens (tertiary/aromatic N) is 2. The average Bonchev–Trinajstić information content (AvgIpc) is 3.47. The predicted octanol–water partition coefficient (Wildman–Crippen LogP) is 5.26. The van der Waals surface area contributed by atoms with E-state index in [2.05, 4.69) is 18.6 Å². The molecule has 196 valence electrons. The molecule has 7 nitrogen and oxygen atoms in total. The van der Waals surface area contributed by atoms with E-state index in [4.69, 9.17) is 15.6 Å². The van der Waals surface area contributed by atoms with E-state index in [1.165, 1.54) is 0 Å². The first kappa shape index (κ1) is 25.6. The van der Waals surface area contributed by atoms with E-state index < -0.39 is 33.1 Å². The number of sulfonamides is 1. The molecule has 2 saturated heterocycles. The summed E-state index contributed by atoms with van der Waals surface area (Å²) in [7, 11) is -3.89. The Labute approximate surface area is 219 Å². The topological polar surface area (TPSA) is 80.1 Å². The number of furan rings is 1. The van der Waals surface area contributed by atoms with Crippen LogP contribution in [0.25, 0.3) is 0 Å². The molecule has 0 bridgehead atoms. The third-order valence-electron chi connectivity index (χ3n) is 7.81. The van der Waals surface area contributed by atoms with Gasteiger partial charge in [0.15, 0.2) is 0 Å². The minimum absolute atomic E-state index is 0.0490. The maximum absolute atomic E-state index is 14.1. The maximum Gasteiger partial charge on any atom is 0.410 e. The van der Waals surface area contributed by atoms with Gasteiger partial charge in [-0.2, -0.15) is 4.31 Å². The molecule has 1 aliphatic carbocycles. The van der Waals surface area contributed by atoms with Crippen molar-refractivity contribution in [1.29, 1.82) is 0 Å². The highest BCUT2D eigenvalue weighted by Crippen LogP contribution is 2.67. The van der Waals surface area contributed by atoms with Crippen molar-refractivity contribution in [3.05, 3.63) is 66.1 Å². The summed E-state index contributed by atoms with van der Waals surface area (Å²) >= 11 is 0. The van der Waals surface area contributed by atoms with Crippen LogP contribution >= 0.6 is 0 Å². The molecule has 4 atom stereocenters. The highest BCUT2D eigenvalue weighted by atomic mass is 32.2. The molecule has 0 saturated carbocycles. The fourth-order valence-electron chi connectivity index (χ4n) is 6.46. The first-order valence-electron chi connectivity index (χ1n) is 12.8. The summed E-state index contributed by atoms with van der Waals surface area (Å²) in [5, 5.41) is 0. The lowest BCUT2D eigenvalue weighted by molar-refractivity contribution is -0.00416. The van der Waals surface area contributed by atoms with Gasteiger partial charge in [0.1, 0.15) is 17.1 Å². The Balaban J connectivity index is 1.62. The van der Waals surface area contributed by atoms with Crippen molar-refractivity contribution < 1.29 is 22.4 Å². The van der Waals surface area contributed by atoms with Crippen molar-refractivity contribution in [2.45, 2.75) is 75.0 Å². The van der Waals surface area contributed by atoms with Crippen LogP contribution in [-0.2, 0) is 21.2 Å². The van der Waals surface area contributed by atoms with Crippen molar-refractivity contribution in [3.63, 3.8) is 0 Å². The van der Waals surface area contributed by atoms with Gasteiger partial charge >= 0.3 is 6.09 Å². The van der Waals surface area contributed by atoms with Crippen molar-refractivity contribution in [2.24, 2.45) is 5.41 Å². The zero-order valence-corrected chi connectivity index (χ0v) is 22.5. The van der Waals surface area contributed by atoms with Gasteiger partial charge in [0.25, 0.3) is 0 Å². The highest BCUT2D eigenvalue weighted by Gasteiger charge is 2.67. The second-order valence-corrected chi connectivity index (χ2v) is 13.1. The van der Waals surface area contributed by atoms with Gasteiger partial charge in [-0.3, -0.25) is 0 Å². The number of ether oxygens (including phenoxy) is 1. The SMILES string of the molecule is C#CCCc1cc2c(o1)[C@@H]1N(S(=O)(=O)c3ccccc3)[C@@H](C=C)C[C@@]13CN(C(=O)OC(C)(C)C)CC[C@@H]23. The number of hydrogen-bond acceptors (Lipinski definition) is 5. The number of carbonyl (C=O) groups is 1. The van der Waals surface area contributed by atoms with E-state index in [-0.39, 0.29) is 16.9 Å². The molecule has 1 spiro atoms. The molecular formula is C29H34N2O5S. The number of amides is 1. The Morgan fingerprint density at radius 3 is 2.70 bits per heavy atom. The zero-order valence-electron chi connectivity index (χ0n) is 21.6. The number of piperidine rings is 1. The normalized spacial score (nSPS) is 27.2. The van der Waals surface area contributed by atoms with E-state index in [1.807, 2.05) is 20.8 Å². The fourth-order valence-corrected chi connectivity index (χ4v) is 8.30. The first-order chi connectivity index (χ1) is 17.5. The molecule has 0 unspecified atom stereocenters. The molecule has 8 heteroatoms. The van der Waals surface area contributed by atoms with Gasteiger partial charge in [-0.15, -0.1) is 18.9 Å². The maximum atomic E-state index is 14.1. The Morgan fingerprint density at radius 1 is 1.32 bits per heavy atom. The van der Waals surface area contributed by atoms with E-state index >= 15 is 0 Å². The van der Waals surface area contributed by atoms with Crippen LogP contribution in [0.1, 0.15) is 69.1 Å². The van der Waals surface area contributed by atoms with Gasteiger partial charge in [-0.05, 0) is 63.3 Å². The molecule has 3 aliphatic rings. The number of benzene rings is 1. The Morgan fingerprint density at radius 2 is 2.05 bits per heavy atom. The van der Waals surface area contributed by atoms with Gasteiger partial charge < -0.3 is 14.1 Å². The van der Waals surface area contributed by atoms with Crippen molar-refractivity contribution in [2.75, 3.05) is 13.1 Å². The zero-order chi connectivity index (χ0) is 26.6.